The number of nitrogens with two attached hydrogens (primary N) is 1. The third-order valence-corrected chi connectivity index (χ3v) is 3.26. The van der Waals surface area contributed by atoms with E-state index in [0.29, 0.717) is 5.76 Å². The zero-order valence-corrected chi connectivity index (χ0v) is 10.1. The summed E-state index contributed by atoms with van der Waals surface area (Å²) in [6.45, 7) is 1.76. The van der Waals surface area contributed by atoms with Crippen LogP contribution in [0.5, 0.6) is 0 Å². The van der Waals surface area contributed by atoms with E-state index in [-0.39, 0.29) is 16.5 Å². The Hall–Kier alpha value is -2.13. The number of furan rings is 1. The molecule has 94 valence electrons. The summed E-state index contributed by atoms with van der Waals surface area (Å²) < 4.78 is 5.12. The number of aryl methyl sites for hydroxylation is 1. The SMILES string of the molecule is Cc1occc1Sc1ncnc(NN)c1[N+](=O)[O-]. The van der Waals surface area contributed by atoms with E-state index < -0.39 is 4.92 Å². The maximum atomic E-state index is 11.0. The largest absolute Gasteiger partial charge is 0.468 e. The molecule has 0 bridgehead atoms. The van der Waals surface area contributed by atoms with Crippen molar-refractivity contribution in [1.82, 2.24) is 9.97 Å². The molecule has 0 fully saturated rings. The Labute approximate surface area is 106 Å². The van der Waals surface area contributed by atoms with Gasteiger partial charge in [-0.2, -0.15) is 0 Å². The molecule has 0 aliphatic rings. The first-order valence-electron chi connectivity index (χ1n) is 4.81. The topological polar surface area (TPSA) is 120 Å². The lowest BCUT2D eigenvalue weighted by atomic mass is 10.5. The Morgan fingerprint density at radius 2 is 2.33 bits per heavy atom. The molecule has 2 heterocycles. The summed E-state index contributed by atoms with van der Waals surface area (Å²) in [7, 11) is 0. The van der Waals surface area contributed by atoms with E-state index in [1.54, 1.807) is 13.0 Å². The van der Waals surface area contributed by atoms with Crippen LogP contribution in [-0.4, -0.2) is 14.9 Å². The van der Waals surface area contributed by atoms with Crippen molar-refractivity contribution < 1.29 is 9.34 Å². The number of hydrogen-bond donors (Lipinski definition) is 2. The third-order valence-electron chi connectivity index (χ3n) is 2.13. The van der Waals surface area contributed by atoms with Crippen molar-refractivity contribution in [2.45, 2.75) is 16.8 Å². The van der Waals surface area contributed by atoms with Gasteiger partial charge in [-0.3, -0.25) is 10.1 Å². The predicted octanol–water partition coefficient (Wildman–Crippen LogP) is 1.72. The molecule has 0 atom stereocenters. The van der Waals surface area contributed by atoms with Crippen LogP contribution in [0.3, 0.4) is 0 Å². The fraction of sp³-hybridized carbons (Fsp3) is 0.111. The lowest BCUT2D eigenvalue weighted by Crippen LogP contribution is -2.12. The lowest BCUT2D eigenvalue weighted by molar-refractivity contribution is -0.387. The molecular weight excluding hydrogens is 258 g/mol. The summed E-state index contributed by atoms with van der Waals surface area (Å²) in [5.41, 5.74) is 1.92. The number of hydrogen-bond acceptors (Lipinski definition) is 8. The van der Waals surface area contributed by atoms with Gasteiger partial charge in [0.1, 0.15) is 12.1 Å². The van der Waals surface area contributed by atoms with Crippen molar-refractivity contribution in [3.63, 3.8) is 0 Å². The Kier molecular flexibility index (Phi) is 3.44. The lowest BCUT2D eigenvalue weighted by Gasteiger charge is -2.04. The molecule has 2 rings (SSSR count). The van der Waals surface area contributed by atoms with Gasteiger partial charge in [0.25, 0.3) is 0 Å². The maximum Gasteiger partial charge on any atom is 0.344 e. The number of hydrazine groups is 1. The van der Waals surface area contributed by atoms with Gasteiger partial charge in [0.15, 0.2) is 5.03 Å². The van der Waals surface area contributed by atoms with Crippen LogP contribution in [0.2, 0.25) is 0 Å². The molecule has 0 aromatic carbocycles. The molecule has 9 heteroatoms. The van der Waals surface area contributed by atoms with Crippen LogP contribution in [-0.2, 0) is 0 Å². The Morgan fingerprint density at radius 3 is 2.89 bits per heavy atom. The highest BCUT2D eigenvalue weighted by Crippen LogP contribution is 2.37. The van der Waals surface area contributed by atoms with E-state index >= 15 is 0 Å². The average Bonchev–Trinajstić information content (AvgIpc) is 2.74. The molecule has 0 saturated heterocycles. The molecule has 8 nitrogen and oxygen atoms in total. The van der Waals surface area contributed by atoms with Crippen molar-refractivity contribution in [2.75, 3.05) is 5.43 Å². The van der Waals surface area contributed by atoms with Crippen LogP contribution < -0.4 is 11.3 Å². The summed E-state index contributed by atoms with van der Waals surface area (Å²) in [4.78, 5) is 18.8. The van der Waals surface area contributed by atoms with E-state index in [0.717, 1.165) is 16.7 Å². The number of nitrogens with one attached hydrogen (secondary N) is 1. The highest BCUT2D eigenvalue weighted by molar-refractivity contribution is 7.99. The zero-order chi connectivity index (χ0) is 13.1. The van der Waals surface area contributed by atoms with Gasteiger partial charge in [0, 0.05) is 0 Å². The second kappa shape index (κ2) is 5.02. The van der Waals surface area contributed by atoms with E-state index in [4.69, 9.17) is 10.3 Å². The average molecular weight is 267 g/mol. The Balaban J connectivity index is 2.44. The van der Waals surface area contributed by atoms with E-state index in [9.17, 15) is 10.1 Å². The molecule has 0 saturated carbocycles. The van der Waals surface area contributed by atoms with Crippen molar-refractivity contribution in [3.8, 4) is 0 Å². The molecule has 18 heavy (non-hydrogen) atoms. The first-order valence-corrected chi connectivity index (χ1v) is 5.63. The minimum absolute atomic E-state index is 0.0290. The molecule has 0 radical (unpaired) electrons. The fourth-order valence-corrected chi connectivity index (χ4v) is 2.18. The maximum absolute atomic E-state index is 11.0. The number of nitrogens with zero attached hydrogens (tertiary/aromatic N) is 3. The van der Waals surface area contributed by atoms with Crippen LogP contribution in [0.4, 0.5) is 11.5 Å². The summed E-state index contributed by atoms with van der Waals surface area (Å²) >= 11 is 1.12. The molecule has 0 aliphatic heterocycles. The molecule has 2 aromatic rings. The minimum Gasteiger partial charge on any atom is -0.468 e. The molecule has 0 amide bonds. The van der Waals surface area contributed by atoms with Gasteiger partial charge in [-0.05, 0) is 13.0 Å². The molecule has 2 aromatic heterocycles. The number of nitro groups is 1. The quantitative estimate of drug-likeness (QED) is 0.372. The van der Waals surface area contributed by atoms with Gasteiger partial charge >= 0.3 is 5.69 Å². The standard InChI is InChI=1S/C9H9N5O3S/c1-5-6(2-3-17-5)18-9-7(14(15)16)8(13-10)11-4-12-9/h2-4H,10H2,1H3,(H,11,12,13). The monoisotopic (exact) mass is 267 g/mol. The van der Waals surface area contributed by atoms with E-state index in [1.807, 2.05) is 0 Å². The molecule has 0 spiro atoms. The predicted molar refractivity (Wildman–Crippen MR) is 64.1 cm³/mol. The summed E-state index contributed by atoms with van der Waals surface area (Å²) in [5.74, 6) is 5.82. The van der Waals surface area contributed by atoms with Gasteiger partial charge in [-0.15, -0.1) is 0 Å². The van der Waals surface area contributed by atoms with Crippen molar-refractivity contribution in [1.29, 1.82) is 0 Å². The van der Waals surface area contributed by atoms with Crippen molar-refractivity contribution >= 4 is 23.3 Å². The van der Waals surface area contributed by atoms with Crippen LogP contribution in [0.25, 0.3) is 0 Å². The number of aromatic nitrogens is 2. The summed E-state index contributed by atoms with van der Waals surface area (Å²) in [6, 6.07) is 1.71. The molecular formula is C9H9N5O3S. The zero-order valence-electron chi connectivity index (χ0n) is 9.28. The van der Waals surface area contributed by atoms with Gasteiger partial charge in [-0.1, -0.05) is 11.8 Å². The van der Waals surface area contributed by atoms with Gasteiger partial charge in [0.2, 0.25) is 5.82 Å². The van der Waals surface area contributed by atoms with Crippen LogP contribution in [0.15, 0.2) is 33.0 Å². The van der Waals surface area contributed by atoms with Gasteiger partial charge in [0.05, 0.1) is 16.1 Å². The molecule has 3 N–H and O–H groups in total. The van der Waals surface area contributed by atoms with Crippen LogP contribution in [0.1, 0.15) is 5.76 Å². The third kappa shape index (κ3) is 2.26. The molecule has 0 aliphatic carbocycles. The summed E-state index contributed by atoms with van der Waals surface area (Å²) in [5, 5.41) is 11.2. The van der Waals surface area contributed by atoms with Crippen LogP contribution >= 0.6 is 11.8 Å². The number of anilines is 1. The highest BCUT2D eigenvalue weighted by Gasteiger charge is 2.23. The first-order chi connectivity index (χ1) is 8.63. The summed E-state index contributed by atoms with van der Waals surface area (Å²) in [6.07, 6.45) is 2.72. The second-order valence-electron chi connectivity index (χ2n) is 3.22. The highest BCUT2D eigenvalue weighted by atomic mass is 32.2. The van der Waals surface area contributed by atoms with E-state index in [2.05, 4.69) is 15.4 Å². The number of rotatable bonds is 4. The van der Waals surface area contributed by atoms with Crippen molar-refractivity contribution in [2.24, 2.45) is 5.84 Å². The second-order valence-corrected chi connectivity index (χ2v) is 4.25. The first kappa shape index (κ1) is 12.3. The number of nitrogen functional groups attached to an aromatic ring is 1. The van der Waals surface area contributed by atoms with E-state index in [1.165, 1.54) is 12.6 Å². The van der Waals surface area contributed by atoms with Gasteiger partial charge < -0.3 is 9.84 Å². The Morgan fingerprint density at radius 1 is 1.56 bits per heavy atom. The Bertz CT molecular complexity index is 585. The smallest absolute Gasteiger partial charge is 0.344 e. The fourth-order valence-electron chi connectivity index (χ4n) is 1.29. The van der Waals surface area contributed by atoms with Gasteiger partial charge in [-0.25, -0.2) is 15.8 Å². The van der Waals surface area contributed by atoms with Crippen molar-refractivity contribution in [3.05, 3.63) is 34.5 Å². The van der Waals surface area contributed by atoms with Crippen LogP contribution in [0, 0.1) is 17.0 Å². The minimum atomic E-state index is -0.576. The normalized spacial score (nSPS) is 10.3. The molecule has 0 unspecified atom stereocenters.